The van der Waals surface area contributed by atoms with E-state index < -0.39 is 87.4 Å². The predicted octanol–water partition coefficient (Wildman–Crippen LogP) is 0.779. The third kappa shape index (κ3) is 2.28. The molecule has 11 heteroatoms. The molecule has 0 aromatic carbocycles. The molecule has 5 aliphatic heterocycles. The molecular weight excluding hydrogens is 488 g/mol. The molecule has 7 aliphatic rings. The molecule has 5 fully saturated rings. The number of hydrogen-bond acceptors (Lipinski definition) is 11. The number of allylic oxidation sites excluding steroid dienone is 1. The maximum atomic E-state index is 14.3. The van der Waals surface area contributed by atoms with Crippen molar-refractivity contribution in [2.45, 2.75) is 82.8 Å². The van der Waals surface area contributed by atoms with Gasteiger partial charge in [0.2, 0.25) is 12.1 Å². The van der Waals surface area contributed by atoms with Crippen molar-refractivity contribution in [1.82, 2.24) is 0 Å². The number of ketones is 1. The number of aliphatic hydroxyl groups is 2. The molecule has 0 aromatic heterocycles. The second-order valence-electron chi connectivity index (χ2n) is 12.3. The van der Waals surface area contributed by atoms with Gasteiger partial charge in [-0.1, -0.05) is 6.92 Å². The summed E-state index contributed by atoms with van der Waals surface area (Å²) in [5, 5.41) is 21.4. The SMILES string of the molecule is CC1(C)O[C@H]2CC(=O)OC[C@@]23C1=C(O)C(=O)[C@]1(C)[C@@H]3CC[C@@]2(C)[C@H](C3=C[C@H](O)OC3=O)OC(=O)[C@H]3O[C@]321. The third-order valence-electron chi connectivity index (χ3n) is 10.4. The molecule has 2 spiro atoms. The number of ether oxygens (including phenoxy) is 5. The zero-order valence-corrected chi connectivity index (χ0v) is 20.9. The minimum absolute atomic E-state index is 0.00425. The van der Waals surface area contributed by atoms with Gasteiger partial charge in [0.1, 0.15) is 18.3 Å². The largest absolute Gasteiger partial charge is 0.504 e. The lowest BCUT2D eigenvalue weighted by atomic mass is 9.39. The Morgan fingerprint density at radius 2 is 1.73 bits per heavy atom. The van der Waals surface area contributed by atoms with Crippen LogP contribution in [-0.4, -0.2) is 76.3 Å². The Morgan fingerprint density at radius 3 is 2.41 bits per heavy atom. The van der Waals surface area contributed by atoms with Crippen LogP contribution in [0.15, 0.2) is 23.0 Å². The standard InChI is InChI=1S/C26H28O11/c1-22(2)16-15(29)17(30)24(4)11(25(16)9-33-13(27)8-12(25)36-22)5-6-23(3)18(10-7-14(28)34-20(10)31)35-21(32)19-26(23,24)37-19/h7,11-12,14,18-19,28-29H,5-6,8-9H2,1-4H3/t11-,12-,14+,18-,19+,23-,24-,25-,26+/m0/s1. The minimum Gasteiger partial charge on any atom is -0.504 e. The first-order valence-corrected chi connectivity index (χ1v) is 12.6. The van der Waals surface area contributed by atoms with Gasteiger partial charge in [-0.3, -0.25) is 9.59 Å². The van der Waals surface area contributed by atoms with Crippen LogP contribution in [0.2, 0.25) is 0 Å². The van der Waals surface area contributed by atoms with Crippen molar-refractivity contribution in [2.24, 2.45) is 22.2 Å². The third-order valence-corrected chi connectivity index (χ3v) is 10.4. The average molecular weight is 516 g/mol. The first kappa shape index (κ1) is 23.4. The summed E-state index contributed by atoms with van der Waals surface area (Å²) >= 11 is 0. The van der Waals surface area contributed by atoms with Crippen molar-refractivity contribution in [3.8, 4) is 0 Å². The summed E-state index contributed by atoms with van der Waals surface area (Å²) < 4.78 is 28.7. The molecule has 4 saturated heterocycles. The number of fused-ring (bicyclic) bond motifs is 1. The van der Waals surface area contributed by atoms with Crippen LogP contribution in [-0.2, 0) is 42.9 Å². The zero-order valence-electron chi connectivity index (χ0n) is 20.9. The van der Waals surface area contributed by atoms with E-state index in [9.17, 15) is 29.4 Å². The summed E-state index contributed by atoms with van der Waals surface area (Å²) in [6.45, 7) is 6.96. The minimum atomic E-state index is -1.47. The molecule has 7 rings (SSSR count). The fraction of sp³-hybridized carbons (Fsp3) is 0.692. The first-order valence-electron chi connectivity index (χ1n) is 12.6. The lowest BCUT2D eigenvalue weighted by Crippen LogP contribution is -2.73. The van der Waals surface area contributed by atoms with Gasteiger partial charge < -0.3 is 33.9 Å². The number of esters is 3. The monoisotopic (exact) mass is 516 g/mol. The highest BCUT2D eigenvalue weighted by atomic mass is 16.7. The highest BCUT2D eigenvalue weighted by Gasteiger charge is 2.90. The van der Waals surface area contributed by atoms with Gasteiger partial charge in [-0.25, -0.2) is 9.59 Å². The van der Waals surface area contributed by atoms with Crippen LogP contribution in [0.5, 0.6) is 0 Å². The van der Waals surface area contributed by atoms with Gasteiger partial charge in [-0.05, 0) is 45.6 Å². The van der Waals surface area contributed by atoms with Gasteiger partial charge in [0.25, 0.3) is 0 Å². The maximum Gasteiger partial charge on any atom is 0.340 e. The molecule has 0 unspecified atom stereocenters. The van der Waals surface area contributed by atoms with Gasteiger partial charge in [0.05, 0.1) is 34.5 Å². The number of hydrogen-bond donors (Lipinski definition) is 2. The molecule has 9 atom stereocenters. The van der Waals surface area contributed by atoms with E-state index in [0.29, 0.717) is 18.4 Å². The highest BCUT2D eigenvalue weighted by molar-refractivity contribution is 6.04. The van der Waals surface area contributed by atoms with E-state index in [0.717, 1.165) is 0 Å². The maximum absolute atomic E-state index is 14.3. The van der Waals surface area contributed by atoms with E-state index in [2.05, 4.69) is 0 Å². The lowest BCUT2D eigenvalue weighted by molar-refractivity contribution is -0.207. The summed E-state index contributed by atoms with van der Waals surface area (Å²) in [5.74, 6) is -3.49. The van der Waals surface area contributed by atoms with Gasteiger partial charge >= 0.3 is 17.9 Å². The van der Waals surface area contributed by atoms with E-state index >= 15 is 0 Å². The number of carbonyl (C=O) groups excluding carboxylic acids is 4. The fourth-order valence-electron chi connectivity index (χ4n) is 9.14. The molecule has 5 heterocycles. The van der Waals surface area contributed by atoms with Crippen LogP contribution in [0.4, 0.5) is 0 Å². The molecular formula is C26H28O11. The molecule has 0 amide bonds. The molecule has 198 valence electrons. The van der Waals surface area contributed by atoms with E-state index in [1.54, 1.807) is 27.7 Å². The Morgan fingerprint density at radius 1 is 1.00 bits per heavy atom. The number of Topliss-reactive ketones (excluding diaryl/α,β-unsaturated/α-hetero) is 1. The summed E-state index contributed by atoms with van der Waals surface area (Å²) in [5.41, 5.74) is -5.52. The molecule has 0 aromatic rings. The molecule has 1 saturated carbocycles. The molecule has 2 N–H and O–H groups in total. The number of rotatable bonds is 1. The number of cyclic esters (lactones) is 3. The lowest BCUT2D eigenvalue weighted by Gasteiger charge is -2.63. The Kier molecular flexibility index (Phi) is 4.07. The van der Waals surface area contributed by atoms with E-state index in [1.807, 2.05) is 0 Å². The Labute approximate surface area is 211 Å². The van der Waals surface area contributed by atoms with Crippen molar-refractivity contribution < 1.29 is 53.1 Å². The van der Waals surface area contributed by atoms with Gasteiger partial charge in [-0.2, -0.15) is 0 Å². The number of carbonyl (C=O) groups is 4. The topological polar surface area (TPSA) is 158 Å². The number of aliphatic hydroxyl groups excluding tert-OH is 2. The zero-order chi connectivity index (χ0) is 26.5. The normalized spacial score (nSPS) is 51.1. The van der Waals surface area contributed by atoms with Gasteiger partial charge in [-0.15, -0.1) is 0 Å². The van der Waals surface area contributed by atoms with Crippen molar-refractivity contribution >= 4 is 23.7 Å². The second-order valence-corrected chi connectivity index (χ2v) is 12.3. The van der Waals surface area contributed by atoms with Crippen LogP contribution in [0.25, 0.3) is 0 Å². The van der Waals surface area contributed by atoms with E-state index in [1.165, 1.54) is 6.08 Å². The Hall–Kier alpha value is -2.76. The summed E-state index contributed by atoms with van der Waals surface area (Å²) in [6.07, 6.45) is -2.34. The van der Waals surface area contributed by atoms with Crippen LogP contribution in [0.1, 0.15) is 47.0 Å². The highest BCUT2D eigenvalue weighted by Crippen LogP contribution is 2.78. The van der Waals surface area contributed by atoms with Crippen LogP contribution in [0, 0.1) is 22.2 Å². The Balaban J connectivity index is 1.44. The summed E-state index contributed by atoms with van der Waals surface area (Å²) in [7, 11) is 0. The quantitative estimate of drug-likeness (QED) is 0.288. The van der Waals surface area contributed by atoms with E-state index in [4.69, 9.17) is 23.7 Å². The van der Waals surface area contributed by atoms with Gasteiger partial charge in [0, 0.05) is 11.0 Å². The molecule has 37 heavy (non-hydrogen) atoms. The van der Waals surface area contributed by atoms with Gasteiger partial charge in [0.15, 0.2) is 11.9 Å². The van der Waals surface area contributed by atoms with Crippen molar-refractivity contribution in [3.63, 3.8) is 0 Å². The van der Waals surface area contributed by atoms with Crippen LogP contribution < -0.4 is 0 Å². The van der Waals surface area contributed by atoms with Crippen LogP contribution >= 0.6 is 0 Å². The average Bonchev–Trinajstić information content (AvgIpc) is 3.44. The Bertz CT molecular complexity index is 1280. The fourth-order valence-corrected chi connectivity index (χ4v) is 9.14. The number of epoxide rings is 1. The summed E-state index contributed by atoms with van der Waals surface area (Å²) in [4.78, 5) is 52.3. The molecule has 0 bridgehead atoms. The summed E-state index contributed by atoms with van der Waals surface area (Å²) in [6, 6.07) is 0. The first-order chi connectivity index (χ1) is 17.3. The molecule has 0 radical (unpaired) electrons. The van der Waals surface area contributed by atoms with Crippen molar-refractivity contribution in [1.29, 1.82) is 0 Å². The smallest absolute Gasteiger partial charge is 0.340 e. The van der Waals surface area contributed by atoms with Crippen LogP contribution in [0.3, 0.4) is 0 Å². The molecule has 11 nitrogen and oxygen atoms in total. The van der Waals surface area contributed by atoms with Crippen molar-refractivity contribution in [2.75, 3.05) is 6.61 Å². The van der Waals surface area contributed by atoms with E-state index in [-0.39, 0.29) is 18.6 Å². The molecule has 2 aliphatic carbocycles. The predicted molar refractivity (Wildman–Crippen MR) is 118 cm³/mol. The second kappa shape index (κ2) is 6.44. The van der Waals surface area contributed by atoms with Crippen molar-refractivity contribution in [3.05, 3.63) is 23.0 Å².